The van der Waals surface area contributed by atoms with E-state index in [1.54, 1.807) is 13.8 Å². The molecule has 0 fully saturated rings. The minimum absolute atomic E-state index is 0.174. The minimum atomic E-state index is -0.215. The highest BCUT2D eigenvalue weighted by Gasteiger charge is 2.10. The number of halogens is 1. The third-order valence-electron chi connectivity index (χ3n) is 0.920. The number of carbonyl (C=O) groups excluding carboxylic acids is 1. The van der Waals surface area contributed by atoms with Crippen LogP contribution in [0.25, 0.3) is 0 Å². The maximum atomic E-state index is 10.7. The van der Waals surface area contributed by atoms with Crippen LogP contribution in [0.2, 0.25) is 0 Å². The van der Waals surface area contributed by atoms with E-state index in [4.69, 9.17) is 11.6 Å². The molecule has 0 saturated carbocycles. The Labute approximate surface area is 60.1 Å². The summed E-state index contributed by atoms with van der Waals surface area (Å²) in [5, 5.41) is 0. The van der Waals surface area contributed by atoms with E-state index in [-0.39, 0.29) is 11.9 Å². The van der Waals surface area contributed by atoms with Gasteiger partial charge in [0.1, 0.15) is 0 Å². The van der Waals surface area contributed by atoms with E-state index in [0.29, 0.717) is 12.5 Å². The van der Waals surface area contributed by atoms with Crippen LogP contribution in [0.3, 0.4) is 0 Å². The number of esters is 1. The van der Waals surface area contributed by atoms with E-state index in [0.717, 1.165) is 0 Å². The summed E-state index contributed by atoms with van der Waals surface area (Å²) in [6, 6.07) is 0. The molecule has 54 valence electrons. The van der Waals surface area contributed by atoms with Gasteiger partial charge in [0.15, 0.2) is 0 Å². The number of ether oxygens (including phenoxy) is 1. The van der Waals surface area contributed by atoms with Crippen LogP contribution < -0.4 is 0 Å². The van der Waals surface area contributed by atoms with Crippen LogP contribution in [0.4, 0.5) is 0 Å². The quantitative estimate of drug-likeness (QED) is 0.450. The van der Waals surface area contributed by atoms with Gasteiger partial charge in [-0.1, -0.05) is 6.92 Å². The lowest BCUT2D eigenvalue weighted by Gasteiger charge is -2.04. The van der Waals surface area contributed by atoms with E-state index in [1.807, 2.05) is 0 Å². The molecule has 0 aromatic carbocycles. The molecular weight excluding hydrogens is 140 g/mol. The molecule has 0 aliphatic heterocycles. The molecule has 9 heavy (non-hydrogen) atoms. The summed E-state index contributed by atoms with van der Waals surface area (Å²) in [7, 11) is 0. The maximum absolute atomic E-state index is 10.7. The number of alkyl halides is 1. The highest BCUT2D eigenvalue weighted by atomic mass is 35.5. The van der Waals surface area contributed by atoms with Gasteiger partial charge in [-0.3, -0.25) is 4.79 Å². The number of hydrogen-bond acceptors (Lipinski definition) is 2. The Balaban J connectivity index is 3.46. The van der Waals surface area contributed by atoms with Crippen LogP contribution in [-0.4, -0.2) is 18.5 Å². The maximum Gasteiger partial charge on any atom is 0.309 e. The second-order valence-corrected chi connectivity index (χ2v) is 2.12. The Morgan fingerprint density at radius 3 is 2.67 bits per heavy atom. The van der Waals surface area contributed by atoms with Crippen molar-refractivity contribution in [3.8, 4) is 0 Å². The molecule has 0 radical (unpaired) electrons. The van der Waals surface area contributed by atoms with Gasteiger partial charge in [-0.05, 0) is 6.92 Å². The van der Waals surface area contributed by atoms with Gasteiger partial charge in [-0.25, -0.2) is 0 Å². The van der Waals surface area contributed by atoms with Crippen molar-refractivity contribution in [2.24, 2.45) is 5.92 Å². The van der Waals surface area contributed by atoms with Crippen LogP contribution in [0.5, 0.6) is 0 Å². The van der Waals surface area contributed by atoms with Gasteiger partial charge in [-0.2, -0.15) is 0 Å². The van der Waals surface area contributed by atoms with Crippen LogP contribution in [0.15, 0.2) is 0 Å². The van der Waals surface area contributed by atoms with Crippen LogP contribution in [0.1, 0.15) is 13.8 Å². The molecule has 0 unspecified atom stereocenters. The van der Waals surface area contributed by atoms with Crippen molar-refractivity contribution in [2.75, 3.05) is 12.5 Å². The van der Waals surface area contributed by atoms with Crippen molar-refractivity contribution in [3.05, 3.63) is 0 Å². The summed E-state index contributed by atoms with van der Waals surface area (Å²) in [4.78, 5) is 10.7. The zero-order valence-electron chi connectivity index (χ0n) is 5.69. The van der Waals surface area contributed by atoms with Gasteiger partial charge in [0.05, 0.1) is 12.5 Å². The van der Waals surface area contributed by atoms with Crippen molar-refractivity contribution in [1.29, 1.82) is 0 Å². The lowest BCUT2D eigenvalue weighted by atomic mass is 10.2. The first-order valence-electron chi connectivity index (χ1n) is 2.95. The summed E-state index contributed by atoms with van der Waals surface area (Å²) >= 11 is 5.38. The second kappa shape index (κ2) is 4.62. The summed E-state index contributed by atoms with van der Waals surface area (Å²) in [5.74, 6) is -0.0575. The van der Waals surface area contributed by atoms with E-state index in [2.05, 4.69) is 4.74 Å². The molecule has 0 spiro atoms. The molecule has 0 aromatic rings. The first-order chi connectivity index (χ1) is 4.22. The summed E-state index contributed by atoms with van der Waals surface area (Å²) in [5.41, 5.74) is 0. The van der Waals surface area contributed by atoms with Crippen LogP contribution >= 0.6 is 11.6 Å². The molecule has 0 aromatic heterocycles. The Bertz CT molecular complexity index is 93.1. The van der Waals surface area contributed by atoms with E-state index >= 15 is 0 Å². The Kier molecular flexibility index (Phi) is 4.50. The van der Waals surface area contributed by atoms with Gasteiger partial charge in [0.2, 0.25) is 0 Å². The van der Waals surface area contributed by atoms with Crippen molar-refractivity contribution >= 4 is 17.6 Å². The van der Waals surface area contributed by atoms with E-state index in [1.165, 1.54) is 0 Å². The molecule has 0 aliphatic rings. The largest absolute Gasteiger partial charge is 0.466 e. The molecule has 0 rings (SSSR count). The lowest BCUT2D eigenvalue weighted by molar-refractivity contribution is -0.146. The van der Waals surface area contributed by atoms with Gasteiger partial charge in [0, 0.05) is 5.88 Å². The highest BCUT2D eigenvalue weighted by molar-refractivity contribution is 6.19. The predicted octanol–water partition coefficient (Wildman–Crippen LogP) is 1.42. The Morgan fingerprint density at radius 1 is 1.78 bits per heavy atom. The fourth-order valence-electron chi connectivity index (χ4n) is 0.348. The summed E-state index contributed by atoms with van der Waals surface area (Å²) in [6.07, 6.45) is 0. The first kappa shape index (κ1) is 8.76. The monoisotopic (exact) mass is 150 g/mol. The molecule has 0 saturated heterocycles. The van der Waals surface area contributed by atoms with Crippen molar-refractivity contribution in [2.45, 2.75) is 13.8 Å². The molecule has 0 N–H and O–H groups in total. The second-order valence-electron chi connectivity index (χ2n) is 1.81. The van der Waals surface area contributed by atoms with Gasteiger partial charge in [0.25, 0.3) is 0 Å². The van der Waals surface area contributed by atoms with Crippen molar-refractivity contribution in [1.82, 2.24) is 0 Å². The minimum Gasteiger partial charge on any atom is -0.466 e. The number of hydrogen-bond donors (Lipinski definition) is 0. The molecule has 2 nitrogen and oxygen atoms in total. The SMILES string of the molecule is CCOC(=O)[C@H](C)CCl. The molecule has 3 heteroatoms. The third-order valence-corrected chi connectivity index (χ3v) is 1.38. The predicted molar refractivity (Wildman–Crippen MR) is 36.5 cm³/mol. The zero-order chi connectivity index (χ0) is 7.28. The molecule has 1 atom stereocenters. The van der Waals surface area contributed by atoms with Gasteiger partial charge >= 0.3 is 5.97 Å². The summed E-state index contributed by atoms with van der Waals surface area (Å²) < 4.78 is 4.67. The lowest BCUT2D eigenvalue weighted by Crippen LogP contribution is -2.15. The molecule has 0 bridgehead atoms. The van der Waals surface area contributed by atoms with Crippen molar-refractivity contribution in [3.63, 3.8) is 0 Å². The molecular formula is C6H11ClO2. The summed E-state index contributed by atoms with van der Waals surface area (Å²) in [6.45, 7) is 3.95. The number of rotatable bonds is 3. The van der Waals surface area contributed by atoms with E-state index < -0.39 is 0 Å². The molecule has 0 amide bonds. The molecule has 0 heterocycles. The average molecular weight is 151 g/mol. The first-order valence-corrected chi connectivity index (χ1v) is 3.48. The van der Waals surface area contributed by atoms with Crippen LogP contribution in [-0.2, 0) is 9.53 Å². The van der Waals surface area contributed by atoms with Gasteiger partial charge < -0.3 is 4.74 Å². The van der Waals surface area contributed by atoms with Crippen LogP contribution in [0, 0.1) is 5.92 Å². The highest BCUT2D eigenvalue weighted by Crippen LogP contribution is 1.99. The Morgan fingerprint density at radius 2 is 2.33 bits per heavy atom. The Hall–Kier alpha value is -0.240. The molecule has 0 aliphatic carbocycles. The topological polar surface area (TPSA) is 26.3 Å². The zero-order valence-corrected chi connectivity index (χ0v) is 6.44. The normalized spacial score (nSPS) is 12.8. The van der Waals surface area contributed by atoms with E-state index in [9.17, 15) is 4.79 Å². The van der Waals surface area contributed by atoms with Crippen molar-refractivity contribution < 1.29 is 9.53 Å². The smallest absolute Gasteiger partial charge is 0.309 e. The van der Waals surface area contributed by atoms with Gasteiger partial charge in [-0.15, -0.1) is 11.6 Å². The standard InChI is InChI=1S/C6H11ClO2/c1-3-9-6(8)5(2)4-7/h5H,3-4H2,1-2H3/t5-/m1/s1. The number of carbonyl (C=O) groups is 1. The average Bonchev–Trinajstić information content (AvgIpc) is 1.87. The third kappa shape index (κ3) is 3.36. The fourth-order valence-corrected chi connectivity index (χ4v) is 0.474. The fraction of sp³-hybridized carbons (Fsp3) is 0.833.